The second-order valence-electron chi connectivity index (χ2n) is 2.39. The summed E-state index contributed by atoms with van der Waals surface area (Å²) in [7, 11) is 0. The van der Waals surface area contributed by atoms with Crippen LogP contribution in [0.5, 0.6) is 0 Å². The fourth-order valence-electron chi connectivity index (χ4n) is 0.912. The largest absolute Gasteiger partial charge is 0.453 e. The Morgan fingerprint density at radius 3 is 2.50 bits per heavy atom. The van der Waals surface area contributed by atoms with Crippen LogP contribution in [0.2, 0.25) is 0 Å². The van der Waals surface area contributed by atoms with Crippen LogP contribution in [0.25, 0.3) is 12.2 Å². The van der Waals surface area contributed by atoms with E-state index < -0.39 is 0 Å². The first kappa shape index (κ1) is 8.53. The van der Waals surface area contributed by atoms with Crippen molar-refractivity contribution in [2.75, 3.05) is 0 Å². The number of carbonyl (C=O) groups is 1. The molecule has 62 valence electrons. The van der Waals surface area contributed by atoms with Gasteiger partial charge in [-0.05, 0) is 12.1 Å². The number of rotatable bonds is 3. The van der Waals surface area contributed by atoms with E-state index in [0.717, 1.165) is 5.56 Å². The Labute approximate surface area is 71.2 Å². The first-order valence-electron chi connectivity index (χ1n) is 3.58. The smallest absolute Gasteiger partial charge is 0.194 e. The van der Waals surface area contributed by atoms with E-state index >= 15 is 0 Å². The molecule has 0 fully saturated rings. The molecule has 0 N–H and O–H groups in total. The lowest BCUT2D eigenvalue weighted by molar-refractivity contribution is 0.0987. The van der Waals surface area contributed by atoms with Crippen molar-refractivity contribution in [2.45, 2.75) is 6.92 Å². The van der Waals surface area contributed by atoms with E-state index in [2.05, 4.69) is 13.2 Å². The molecule has 0 saturated heterocycles. The maximum Gasteiger partial charge on any atom is 0.194 e. The van der Waals surface area contributed by atoms with Gasteiger partial charge in [-0.2, -0.15) is 0 Å². The van der Waals surface area contributed by atoms with Crippen LogP contribution in [0.15, 0.2) is 23.6 Å². The lowest BCUT2D eigenvalue weighted by Crippen LogP contribution is -1.85. The van der Waals surface area contributed by atoms with E-state index in [-0.39, 0.29) is 5.78 Å². The summed E-state index contributed by atoms with van der Waals surface area (Å²) in [5.41, 5.74) is 0.801. The standard InChI is InChI=1S/C10H10O2/c1-4-8-6-10(7(3)11)12-9(8)5-2/h4-6H,1-2H2,3H3. The number of ketones is 1. The minimum absolute atomic E-state index is 0.0915. The number of hydrogen-bond donors (Lipinski definition) is 0. The third kappa shape index (κ3) is 1.37. The van der Waals surface area contributed by atoms with Crippen molar-refractivity contribution in [3.8, 4) is 0 Å². The van der Waals surface area contributed by atoms with E-state index in [1.165, 1.54) is 6.92 Å². The van der Waals surface area contributed by atoms with Crippen LogP contribution in [0.4, 0.5) is 0 Å². The van der Waals surface area contributed by atoms with E-state index in [9.17, 15) is 4.79 Å². The molecule has 0 aliphatic rings. The maximum absolute atomic E-state index is 10.9. The molecular formula is C10H10O2. The average Bonchev–Trinajstić information content (AvgIpc) is 2.46. The van der Waals surface area contributed by atoms with Gasteiger partial charge in [0.25, 0.3) is 0 Å². The van der Waals surface area contributed by atoms with Crippen molar-refractivity contribution in [1.29, 1.82) is 0 Å². The quantitative estimate of drug-likeness (QED) is 0.639. The zero-order chi connectivity index (χ0) is 9.14. The van der Waals surface area contributed by atoms with Gasteiger partial charge in [-0.1, -0.05) is 19.2 Å². The van der Waals surface area contributed by atoms with Gasteiger partial charge in [0.1, 0.15) is 5.76 Å². The van der Waals surface area contributed by atoms with Gasteiger partial charge in [-0.25, -0.2) is 0 Å². The number of hydrogen-bond acceptors (Lipinski definition) is 2. The van der Waals surface area contributed by atoms with Gasteiger partial charge in [0, 0.05) is 12.5 Å². The van der Waals surface area contributed by atoms with Crippen LogP contribution in [-0.4, -0.2) is 5.78 Å². The van der Waals surface area contributed by atoms with E-state index in [1.807, 2.05) is 0 Å². The molecule has 0 atom stereocenters. The highest BCUT2D eigenvalue weighted by Crippen LogP contribution is 2.17. The van der Waals surface area contributed by atoms with Gasteiger partial charge in [0.2, 0.25) is 0 Å². The van der Waals surface area contributed by atoms with Gasteiger partial charge in [0.15, 0.2) is 11.5 Å². The first-order valence-corrected chi connectivity index (χ1v) is 3.58. The summed E-state index contributed by atoms with van der Waals surface area (Å²) < 4.78 is 5.18. The minimum atomic E-state index is -0.0915. The Kier molecular flexibility index (Phi) is 2.29. The molecule has 0 aromatic carbocycles. The molecule has 1 heterocycles. The Morgan fingerprint density at radius 1 is 1.50 bits per heavy atom. The predicted octanol–water partition coefficient (Wildman–Crippen LogP) is 2.77. The SMILES string of the molecule is C=Cc1cc(C(C)=O)oc1C=C. The van der Waals surface area contributed by atoms with Crippen molar-refractivity contribution in [3.63, 3.8) is 0 Å². The number of carbonyl (C=O) groups excluding carboxylic acids is 1. The lowest BCUT2D eigenvalue weighted by Gasteiger charge is -1.85. The molecule has 0 spiro atoms. The van der Waals surface area contributed by atoms with Crippen LogP contribution in [-0.2, 0) is 0 Å². The summed E-state index contributed by atoms with van der Waals surface area (Å²) >= 11 is 0. The minimum Gasteiger partial charge on any atom is -0.453 e. The van der Waals surface area contributed by atoms with E-state index in [4.69, 9.17) is 4.42 Å². The molecule has 0 aliphatic carbocycles. The molecule has 2 nitrogen and oxygen atoms in total. The molecule has 0 bridgehead atoms. The average molecular weight is 162 g/mol. The second-order valence-corrected chi connectivity index (χ2v) is 2.39. The normalized spacial score (nSPS) is 9.42. The van der Waals surface area contributed by atoms with Gasteiger partial charge in [-0.3, -0.25) is 4.79 Å². The van der Waals surface area contributed by atoms with Crippen LogP contribution >= 0.6 is 0 Å². The zero-order valence-corrected chi connectivity index (χ0v) is 6.96. The summed E-state index contributed by atoms with van der Waals surface area (Å²) in [6, 6.07) is 1.66. The first-order chi connectivity index (χ1) is 5.69. The van der Waals surface area contributed by atoms with Gasteiger partial charge in [0.05, 0.1) is 0 Å². The van der Waals surface area contributed by atoms with E-state index in [0.29, 0.717) is 11.5 Å². The molecule has 1 aromatic rings. The number of Topliss-reactive ketones (excluding diaryl/α,β-unsaturated/α-hetero) is 1. The van der Waals surface area contributed by atoms with Crippen molar-refractivity contribution in [3.05, 3.63) is 36.3 Å². The third-order valence-corrected chi connectivity index (χ3v) is 1.54. The highest BCUT2D eigenvalue weighted by molar-refractivity contribution is 5.92. The van der Waals surface area contributed by atoms with Crippen LogP contribution in [0.1, 0.15) is 28.8 Å². The highest BCUT2D eigenvalue weighted by atomic mass is 16.3. The monoisotopic (exact) mass is 162 g/mol. The topological polar surface area (TPSA) is 30.2 Å². The summed E-state index contributed by atoms with van der Waals surface area (Å²) in [4.78, 5) is 10.9. The molecule has 0 radical (unpaired) electrons. The maximum atomic E-state index is 10.9. The van der Waals surface area contributed by atoms with Crippen LogP contribution in [0.3, 0.4) is 0 Å². The van der Waals surface area contributed by atoms with E-state index in [1.54, 1.807) is 18.2 Å². The van der Waals surface area contributed by atoms with Gasteiger partial charge < -0.3 is 4.42 Å². The molecule has 1 rings (SSSR count). The molecule has 0 saturated carbocycles. The fraction of sp³-hybridized carbons (Fsp3) is 0.100. The zero-order valence-electron chi connectivity index (χ0n) is 6.96. The van der Waals surface area contributed by atoms with Crippen LogP contribution < -0.4 is 0 Å². The van der Waals surface area contributed by atoms with Crippen molar-refractivity contribution in [2.24, 2.45) is 0 Å². The Hall–Kier alpha value is -1.57. The van der Waals surface area contributed by atoms with Crippen molar-refractivity contribution < 1.29 is 9.21 Å². The lowest BCUT2D eigenvalue weighted by atomic mass is 10.2. The fourth-order valence-corrected chi connectivity index (χ4v) is 0.912. The Morgan fingerprint density at radius 2 is 2.17 bits per heavy atom. The molecule has 2 heteroatoms. The summed E-state index contributed by atoms with van der Waals surface area (Å²) in [6.45, 7) is 8.61. The molecule has 12 heavy (non-hydrogen) atoms. The molecule has 0 aliphatic heterocycles. The highest BCUT2D eigenvalue weighted by Gasteiger charge is 2.08. The van der Waals surface area contributed by atoms with Crippen LogP contribution in [0, 0.1) is 0 Å². The summed E-state index contributed by atoms with van der Waals surface area (Å²) in [5, 5.41) is 0. The summed E-state index contributed by atoms with van der Waals surface area (Å²) in [5.74, 6) is 0.848. The molecular weight excluding hydrogens is 152 g/mol. The van der Waals surface area contributed by atoms with Gasteiger partial charge in [-0.15, -0.1) is 0 Å². The Bertz CT molecular complexity index is 306. The Balaban J connectivity index is 3.22. The third-order valence-electron chi connectivity index (χ3n) is 1.54. The summed E-state index contributed by atoms with van der Waals surface area (Å²) in [6.07, 6.45) is 3.19. The second kappa shape index (κ2) is 3.22. The van der Waals surface area contributed by atoms with Crippen molar-refractivity contribution >= 4 is 17.9 Å². The van der Waals surface area contributed by atoms with Crippen molar-refractivity contribution in [1.82, 2.24) is 0 Å². The molecule has 0 unspecified atom stereocenters. The predicted molar refractivity (Wildman–Crippen MR) is 48.9 cm³/mol. The molecule has 0 amide bonds. The van der Waals surface area contributed by atoms with Gasteiger partial charge >= 0.3 is 0 Å². The number of furan rings is 1. The molecule has 1 aromatic heterocycles.